The van der Waals surface area contributed by atoms with Crippen molar-refractivity contribution in [3.8, 4) is 11.5 Å². The van der Waals surface area contributed by atoms with Gasteiger partial charge in [0.05, 0.1) is 25.8 Å². The monoisotopic (exact) mass is 458 g/mol. The number of hydrogen-bond donors (Lipinski definition) is 1. The number of aromatic nitrogens is 1. The van der Waals surface area contributed by atoms with Crippen LogP contribution in [0.3, 0.4) is 0 Å². The number of methoxy groups -OCH3 is 2. The van der Waals surface area contributed by atoms with Crippen molar-refractivity contribution in [3.05, 3.63) is 89.3 Å². The number of aliphatic hydroxyl groups excluding tert-OH is 1. The quantitative estimate of drug-likeness (QED) is 0.323. The Morgan fingerprint density at radius 2 is 1.65 bits per heavy atom. The lowest BCUT2D eigenvalue weighted by atomic mass is 9.93. The van der Waals surface area contributed by atoms with Crippen LogP contribution < -0.4 is 14.4 Å². The van der Waals surface area contributed by atoms with E-state index in [1.165, 1.54) is 4.90 Å². The molecule has 1 aliphatic heterocycles. The lowest BCUT2D eigenvalue weighted by Gasteiger charge is -2.25. The van der Waals surface area contributed by atoms with Crippen LogP contribution in [0.15, 0.2) is 72.6 Å². The van der Waals surface area contributed by atoms with Crippen LogP contribution in [0.1, 0.15) is 42.5 Å². The second-order valence-corrected chi connectivity index (χ2v) is 8.26. The number of pyridine rings is 1. The molecular weight excluding hydrogens is 432 g/mol. The summed E-state index contributed by atoms with van der Waals surface area (Å²) < 4.78 is 10.7. The first-order valence-electron chi connectivity index (χ1n) is 10.9. The third kappa shape index (κ3) is 4.01. The predicted octanol–water partition coefficient (Wildman–Crippen LogP) is 4.85. The second-order valence-electron chi connectivity index (χ2n) is 8.26. The van der Waals surface area contributed by atoms with Crippen molar-refractivity contribution in [3.63, 3.8) is 0 Å². The van der Waals surface area contributed by atoms with E-state index in [0.717, 1.165) is 5.56 Å². The average molecular weight is 459 g/mol. The number of aliphatic hydroxyl groups is 1. The molecule has 0 spiro atoms. The number of Topliss-reactive ketones (excluding diaryl/α,β-unsaturated/α-hetero) is 1. The van der Waals surface area contributed by atoms with E-state index in [2.05, 4.69) is 4.98 Å². The molecule has 0 aliphatic carbocycles. The van der Waals surface area contributed by atoms with Crippen LogP contribution in [0.5, 0.6) is 11.5 Å². The van der Waals surface area contributed by atoms with E-state index in [4.69, 9.17) is 9.47 Å². The maximum Gasteiger partial charge on any atom is 0.300 e. The zero-order chi connectivity index (χ0) is 24.4. The highest BCUT2D eigenvalue weighted by Gasteiger charge is 2.47. The normalized spacial score (nSPS) is 17.3. The largest absolute Gasteiger partial charge is 0.507 e. The molecule has 2 aromatic carbocycles. The molecule has 3 aromatic rings. The highest BCUT2D eigenvalue weighted by Crippen LogP contribution is 2.43. The van der Waals surface area contributed by atoms with Crippen molar-refractivity contribution < 1.29 is 24.2 Å². The zero-order valence-electron chi connectivity index (χ0n) is 19.5. The van der Waals surface area contributed by atoms with E-state index in [1.54, 1.807) is 81.2 Å². The van der Waals surface area contributed by atoms with Crippen LogP contribution in [0.2, 0.25) is 0 Å². The lowest BCUT2D eigenvalue weighted by molar-refractivity contribution is -0.132. The molecule has 1 N–H and O–H groups in total. The minimum Gasteiger partial charge on any atom is -0.507 e. The molecule has 1 unspecified atom stereocenters. The van der Waals surface area contributed by atoms with Gasteiger partial charge in [-0.15, -0.1) is 0 Å². The summed E-state index contributed by atoms with van der Waals surface area (Å²) in [7, 11) is 3.14. The summed E-state index contributed by atoms with van der Waals surface area (Å²) in [5.74, 6) is -0.263. The number of ketones is 1. The Morgan fingerprint density at radius 3 is 2.24 bits per heavy atom. The van der Waals surface area contributed by atoms with E-state index in [0.29, 0.717) is 28.3 Å². The number of hydrogen-bond acceptors (Lipinski definition) is 6. The number of benzene rings is 2. The summed E-state index contributed by atoms with van der Waals surface area (Å²) in [4.78, 5) is 32.0. The molecule has 1 saturated heterocycles. The Hall–Kier alpha value is -4.13. The first-order chi connectivity index (χ1) is 16.4. The van der Waals surface area contributed by atoms with Crippen molar-refractivity contribution in [2.45, 2.75) is 25.8 Å². The van der Waals surface area contributed by atoms with E-state index in [9.17, 15) is 14.7 Å². The van der Waals surface area contributed by atoms with Crippen molar-refractivity contribution in [1.29, 1.82) is 0 Å². The van der Waals surface area contributed by atoms with Gasteiger partial charge in [0.1, 0.15) is 17.3 Å². The van der Waals surface area contributed by atoms with E-state index in [-0.39, 0.29) is 17.3 Å². The summed E-state index contributed by atoms with van der Waals surface area (Å²) in [6.45, 7) is 4.03. The third-order valence-electron chi connectivity index (χ3n) is 5.94. The number of anilines is 1. The molecule has 2 heterocycles. The maximum atomic E-state index is 13.3. The fourth-order valence-corrected chi connectivity index (χ4v) is 4.19. The van der Waals surface area contributed by atoms with Gasteiger partial charge in [0.25, 0.3) is 11.7 Å². The van der Waals surface area contributed by atoms with Gasteiger partial charge in [-0.1, -0.05) is 13.8 Å². The number of amides is 1. The van der Waals surface area contributed by atoms with Gasteiger partial charge in [-0.2, -0.15) is 0 Å². The summed E-state index contributed by atoms with van der Waals surface area (Å²) in [6, 6.07) is 14.7. The topological polar surface area (TPSA) is 89.0 Å². The molecule has 34 heavy (non-hydrogen) atoms. The molecule has 1 atom stereocenters. The molecule has 1 amide bonds. The summed E-state index contributed by atoms with van der Waals surface area (Å²) in [6.07, 6.45) is 3.18. The van der Waals surface area contributed by atoms with Crippen LogP contribution in [0.25, 0.3) is 5.76 Å². The maximum absolute atomic E-state index is 13.3. The Labute approximate surface area is 198 Å². The van der Waals surface area contributed by atoms with Crippen molar-refractivity contribution >= 4 is 23.1 Å². The van der Waals surface area contributed by atoms with E-state index in [1.807, 2.05) is 13.8 Å². The molecule has 0 radical (unpaired) electrons. The molecule has 1 fully saturated rings. The summed E-state index contributed by atoms with van der Waals surface area (Å²) in [5.41, 5.74) is 2.52. The molecule has 1 aliphatic rings. The van der Waals surface area contributed by atoms with Gasteiger partial charge in [-0.3, -0.25) is 19.5 Å². The van der Waals surface area contributed by atoms with Crippen molar-refractivity contribution in [2.24, 2.45) is 0 Å². The highest BCUT2D eigenvalue weighted by molar-refractivity contribution is 6.51. The third-order valence-corrected chi connectivity index (χ3v) is 5.94. The first kappa shape index (κ1) is 23.0. The molecule has 7 nitrogen and oxygen atoms in total. The second kappa shape index (κ2) is 9.39. The molecular formula is C27H26N2O5. The number of ether oxygens (including phenoxy) is 2. The average Bonchev–Trinajstić information content (AvgIpc) is 3.14. The standard InChI is InChI=1S/C27H26N2O5/c1-16(2)21-15-18(5-10-22(21)34-4)25(30)23-24(17-11-13-28-14-12-17)29(27(32)26(23)31)19-6-8-20(33-3)9-7-19/h5-16,24,30H,1-4H3/b25-23-. The minimum atomic E-state index is -0.819. The van der Waals surface area contributed by atoms with Gasteiger partial charge in [0, 0.05) is 23.6 Å². The Morgan fingerprint density at radius 1 is 0.971 bits per heavy atom. The predicted molar refractivity (Wildman–Crippen MR) is 129 cm³/mol. The molecule has 4 rings (SSSR count). The van der Waals surface area contributed by atoms with Crippen LogP contribution in [0.4, 0.5) is 5.69 Å². The Kier molecular flexibility index (Phi) is 6.36. The number of carbonyl (C=O) groups is 2. The van der Waals surface area contributed by atoms with Crippen LogP contribution in [0, 0.1) is 0 Å². The highest BCUT2D eigenvalue weighted by atomic mass is 16.5. The number of carbonyl (C=O) groups excluding carboxylic acids is 2. The molecule has 0 saturated carbocycles. The fourth-order valence-electron chi connectivity index (χ4n) is 4.19. The van der Waals surface area contributed by atoms with Gasteiger partial charge in [-0.05, 0) is 71.6 Å². The summed E-state index contributed by atoms with van der Waals surface area (Å²) in [5, 5.41) is 11.4. The van der Waals surface area contributed by atoms with Gasteiger partial charge < -0.3 is 14.6 Å². The van der Waals surface area contributed by atoms with Crippen LogP contribution in [-0.4, -0.2) is 36.0 Å². The van der Waals surface area contributed by atoms with Gasteiger partial charge in [0.2, 0.25) is 0 Å². The lowest BCUT2D eigenvalue weighted by Crippen LogP contribution is -2.29. The van der Waals surface area contributed by atoms with Crippen molar-refractivity contribution in [1.82, 2.24) is 4.98 Å². The Balaban J connectivity index is 1.91. The fraction of sp³-hybridized carbons (Fsp3) is 0.222. The van der Waals surface area contributed by atoms with Crippen LogP contribution >= 0.6 is 0 Å². The van der Waals surface area contributed by atoms with Gasteiger partial charge in [0.15, 0.2) is 0 Å². The van der Waals surface area contributed by atoms with Crippen LogP contribution in [-0.2, 0) is 9.59 Å². The van der Waals surface area contributed by atoms with E-state index < -0.39 is 17.7 Å². The molecule has 174 valence electrons. The Bertz CT molecular complexity index is 1250. The van der Waals surface area contributed by atoms with Gasteiger partial charge >= 0.3 is 0 Å². The summed E-state index contributed by atoms with van der Waals surface area (Å²) >= 11 is 0. The molecule has 1 aromatic heterocycles. The van der Waals surface area contributed by atoms with Gasteiger partial charge in [-0.25, -0.2) is 0 Å². The number of rotatable bonds is 6. The molecule has 0 bridgehead atoms. The number of nitrogens with zero attached hydrogens (tertiary/aromatic N) is 2. The van der Waals surface area contributed by atoms with Crippen molar-refractivity contribution in [2.75, 3.05) is 19.1 Å². The first-order valence-corrected chi connectivity index (χ1v) is 10.9. The minimum absolute atomic E-state index is 0.0203. The van der Waals surface area contributed by atoms with E-state index >= 15 is 0 Å². The zero-order valence-corrected chi connectivity index (χ0v) is 19.5. The smallest absolute Gasteiger partial charge is 0.300 e. The SMILES string of the molecule is COc1ccc(N2C(=O)C(=O)/C(=C(\O)c3ccc(OC)c(C(C)C)c3)C2c2ccncc2)cc1. The molecule has 7 heteroatoms.